The molecule has 0 saturated carbocycles. The minimum atomic E-state index is -0.208. The number of aliphatic hydroxyl groups excluding tert-OH is 1. The van der Waals surface area contributed by atoms with Gasteiger partial charge in [-0.1, -0.05) is 0 Å². The Hall–Kier alpha value is -0.760. The fourth-order valence-corrected chi connectivity index (χ4v) is 1.34. The molecule has 0 aromatic carbocycles. The third-order valence-electron chi connectivity index (χ3n) is 1.85. The van der Waals surface area contributed by atoms with Crippen molar-refractivity contribution in [1.29, 1.82) is 0 Å². The van der Waals surface area contributed by atoms with Gasteiger partial charge >= 0.3 is 0 Å². The summed E-state index contributed by atoms with van der Waals surface area (Å²) in [5.41, 5.74) is 1.06. The van der Waals surface area contributed by atoms with E-state index in [0.29, 0.717) is 0 Å². The quantitative estimate of drug-likeness (QED) is 0.545. The smallest absolute Gasteiger partial charge is 0.0956 e. The molecule has 0 fully saturated rings. The van der Waals surface area contributed by atoms with Crippen LogP contribution in [0.15, 0.2) is 18.3 Å². The highest BCUT2D eigenvalue weighted by molar-refractivity contribution is 5.13. The Labute approximate surface area is 53.7 Å². The second-order valence-electron chi connectivity index (χ2n) is 2.43. The fraction of sp³-hybridized carbons (Fsp3) is 0.429. The molecule has 48 valence electrons. The van der Waals surface area contributed by atoms with E-state index in [2.05, 4.69) is 4.57 Å². The number of hydrogen-bond acceptors (Lipinski definition) is 1. The molecule has 1 N–H and O–H groups in total. The third kappa shape index (κ3) is 0.598. The lowest BCUT2D eigenvalue weighted by molar-refractivity contribution is 0.180. The molecule has 2 nitrogen and oxygen atoms in total. The van der Waals surface area contributed by atoms with Crippen molar-refractivity contribution in [2.24, 2.45) is 0 Å². The van der Waals surface area contributed by atoms with Gasteiger partial charge in [-0.05, 0) is 18.6 Å². The number of aliphatic hydroxyl groups is 1. The van der Waals surface area contributed by atoms with Gasteiger partial charge in [-0.25, -0.2) is 0 Å². The zero-order chi connectivity index (χ0) is 6.27. The van der Waals surface area contributed by atoms with Gasteiger partial charge in [0.25, 0.3) is 0 Å². The van der Waals surface area contributed by atoms with E-state index < -0.39 is 0 Å². The van der Waals surface area contributed by atoms with E-state index >= 15 is 0 Å². The standard InChI is InChI=1S/C7H9NO/c9-7-3-5-8-4-1-2-6(7)8/h1-2,4,7,9H,3,5H2. The number of hydrogen-bond donors (Lipinski definition) is 1. The minimum Gasteiger partial charge on any atom is -0.387 e. The monoisotopic (exact) mass is 123 g/mol. The average molecular weight is 123 g/mol. The van der Waals surface area contributed by atoms with Crippen LogP contribution in [0.3, 0.4) is 0 Å². The van der Waals surface area contributed by atoms with Gasteiger partial charge in [0.05, 0.1) is 6.10 Å². The van der Waals surface area contributed by atoms with Gasteiger partial charge in [0.2, 0.25) is 0 Å². The average Bonchev–Trinajstić information content (AvgIpc) is 2.35. The second-order valence-corrected chi connectivity index (χ2v) is 2.43. The summed E-state index contributed by atoms with van der Waals surface area (Å²) in [6, 6.07) is 3.94. The number of aryl methyl sites for hydroxylation is 1. The van der Waals surface area contributed by atoms with Crippen LogP contribution in [0.4, 0.5) is 0 Å². The van der Waals surface area contributed by atoms with Crippen molar-refractivity contribution in [2.45, 2.75) is 19.1 Å². The lowest BCUT2D eigenvalue weighted by Gasteiger charge is -1.96. The molecule has 1 aliphatic heterocycles. The molecule has 1 atom stereocenters. The molecule has 0 spiro atoms. The summed E-state index contributed by atoms with van der Waals surface area (Å²) in [6.07, 6.45) is 2.68. The SMILES string of the molecule is OC1CCn2cccc21. The van der Waals surface area contributed by atoms with Gasteiger partial charge in [0.15, 0.2) is 0 Å². The van der Waals surface area contributed by atoms with Crippen LogP contribution in [0.25, 0.3) is 0 Å². The molecule has 1 aliphatic rings. The van der Waals surface area contributed by atoms with Crippen molar-refractivity contribution in [3.8, 4) is 0 Å². The van der Waals surface area contributed by atoms with E-state index in [9.17, 15) is 5.11 Å². The maximum absolute atomic E-state index is 9.25. The topological polar surface area (TPSA) is 25.2 Å². The first-order chi connectivity index (χ1) is 4.38. The van der Waals surface area contributed by atoms with Crippen molar-refractivity contribution in [3.05, 3.63) is 24.0 Å². The first-order valence-electron chi connectivity index (χ1n) is 3.21. The summed E-state index contributed by atoms with van der Waals surface area (Å²) >= 11 is 0. The summed E-state index contributed by atoms with van der Waals surface area (Å²) in [5, 5.41) is 9.25. The molecule has 1 unspecified atom stereocenters. The summed E-state index contributed by atoms with van der Waals surface area (Å²) < 4.78 is 2.09. The van der Waals surface area contributed by atoms with Crippen LogP contribution in [0.2, 0.25) is 0 Å². The molecule has 0 bridgehead atoms. The van der Waals surface area contributed by atoms with Crippen molar-refractivity contribution >= 4 is 0 Å². The van der Waals surface area contributed by atoms with Crippen molar-refractivity contribution in [3.63, 3.8) is 0 Å². The summed E-state index contributed by atoms with van der Waals surface area (Å²) in [7, 11) is 0. The number of rotatable bonds is 0. The molecule has 0 aliphatic carbocycles. The minimum absolute atomic E-state index is 0.208. The Bertz CT molecular complexity index is 216. The Morgan fingerprint density at radius 1 is 1.67 bits per heavy atom. The molecular formula is C7H9NO. The first kappa shape index (κ1) is 5.06. The Morgan fingerprint density at radius 2 is 2.56 bits per heavy atom. The maximum Gasteiger partial charge on any atom is 0.0956 e. The van der Waals surface area contributed by atoms with Crippen molar-refractivity contribution in [1.82, 2.24) is 4.57 Å². The predicted octanol–water partition coefficient (Wildman–Crippen LogP) is 0.925. The predicted molar refractivity (Wildman–Crippen MR) is 34.0 cm³/mol. The zero-order valence-electron chi connectivity index (χ0n) is 5.12. The molecule has 0 saturated heterocycles. The van der Waals surface area contributed by atoms with Crippen molar-refractivity contribution in [2.75, 3.05) is 0 Å². The molecule has 2 heterocycles. The van der Waals surface area contributed by atoms with Gasteiger partial charge in [-0.15, -0.1) is 0 Å². The highest BCUT2D eigenvalue weighted by Gasteiger charge is 2.17. The normalized spacial score (nSPS) is 24.3. The molecule has 2 rings (SSSR count). The second kappa shape index (κ2) is 1.61. The van der Waals surface area contributed by atoms with E-state index in [4.69, 9.17) is 0 Å². The first-order valence-corrected chi connectivity index (χ1v) is 3.21. The number of aromatic nitrogens is 1. The van der Waals surface area contributed by atoms with Crippen LogP contribution < -0.4 is 0 Å². The van der Waals surface area contributed by atoms with Gasteiger partial charge in [-0.2, -0.15) is 0 Å². The van der Waals surface area contributed by atoms with Crippen LogP contribution in [0.5, 0.6) is 0 Å². The Kier molecular flexibility index (Phi) is 0.904. The van der Waals surface area contributed by atoms with E-state index in [1.165, 1.54) is 0 Å². The fourth-order valence-electron chi connectivity index (χ4n) is 1.34. The maximum atomic E-state index is 9.25. The van der Waals surface area contributed by atoms with E-state index in [-0.39, 0.29) is 6.10 Å². The zero-order valence-corrected chi connectivity index (χ0v) is 5.12. The molecule has 0 amide bonds. The van der Waals surface area contributed by atoms with Crippen LogP contribution in [-0.4, -0.2) is 9.67 Å². The van der Waals surface area contributed by atoms with E-state index in [1.54, 1.807) is 0 Å². The summed E-state index contributed by atoms with van der Waals surface area (Å²) in [5.74, 6) is 0. The molecular weight excluding hydrogens is 114 g/mol. The third-order valence-corrected chi connectivity index (χ3v) is 1.85. The lowest BCUT2D eigenvalue weighted by atomic mass is 10.2. The number of nitrogens with zero attached hydrogens (tertiary/aromatic N) is 1. The van der Waals surface area contributed by atoms with Crippen LogP contribution in [0, 0.1) is 0 Å². The van der Waals surface area contributed by atoms with Gasteiger partial charge in [0, 0.05) is 18.4 Å². The molecule has 1 aromatic rings. The van der Waals surface area contributed by atoms with E-state index in [1.807, 2.05) is 18.3 Å². The lowest BCUT2D eigenvalue weighted by Crippen LogP contribution is -1.89. The van der Waals surface area contributed by atoms with Gasteiger partial charge in [0.1, 0.15) is 0 Å². The highest BCUT2D eigenvalue weighted by Crippen LogP contribution is 2.24. The van der Waals surface area contributed by atoms with E-state index in [0.717, 1.165) is 18.7 Å². The molecule has 2 heteroatoms. The Balaban J connectivity index is 2.49. The van der Waals surface area contributed by atoms with Gasteiger partial charge < -0.3 is 9.67 Å². The number of fused-ring (bicyclic) bond motifs is 1. The summed E-state index contributed by atoms with van der Waals surface area (Å²) in [4.78, 5) is 0. The van der Waals surface area contributed by atoms with Crippen LogP contribution in [-0.2, 0) is 6.54 Å². The van der Waals surface area contributed by atoms with Crippen LogP contribution >= 0.6 is 0 Å². The highest BCUT2D eigenvalue weighted by atomic mass is 16.3. The van der Waals surface area contributed by atoms with Crippen LogP contribution in [0.1, 0.15) is 18.2 Å². The summed E-state index contributed by atoms with van der Waals surface area (Å²) in [6.45, 7) is 0.976. The molecule has 9 heavy (non-hydrogen) atoms. The molecule has 1 aromatic heterocycles. The van der Waals surface area contributed by atoms with Crippen molar-refractivity contribution < 1.29 is 5.11 Å². The molecule has 0 radical (unpaired) electrons. The largest absolute Gasteiger partial charge is 0.387 e. The van der Waals surface area contributed by atoms with Gasteiger partial charge in [-0.3, -0.25) is 0 Å². The Morgan fingerprint density at radius 3 is 3.33 bits per heavy atom.